The fourth-order valence-corrected chi connectivity index (χ4v) is 1.27. The lowest BCUT2D eigenvalue weighted by Gasteiger charge is -2.13. The number of rotatable bonds is 3. The fourth-order valence-electron chi connectivity index (χ4n) is 1.27. The molecule has 0 unspecified atom stereocenters. The first-order valence-corrected chi connectivity index (χ1v) is 4.42. The maximum absolute atomic E-state index is 13.2. The molecule has 0 aliphatic rings. The van der Waals surface area contributed by atoms with E-state index in [-0.39, 0.29) is 6.61 Å². The van der Waals surface area contributed by atoms with Gasteiger partial charge >= 0.3 is 0 Å². The molecule has 78 valence electrons. The van der Waals surface area contributed by atoms with E-state index in [1.165, 1.54) is 0 Å². The molecule has 14 heavy (non-hydrogen) atoms. The van der Waals surface area contributed by atoms with Crippen LogP contribution in [0.4, 0.5) is 4.39 Å². The highest BCUT2D eigenvalue weighted by atomic mass is 19.1. The summed E-state index contributed by atoms with van der Waals surface area (Å²) in [6, 6.07) is 2.60. The van der Waals surface area contributed by atoms with Gasteiger partial charge in [0.15, 0.2) is 11.6 Å². The predicted octanol–water partition coefficient (Wildman–Crippen LogP) is 1.22. The molecule has 0 bridgehead atoms. The number of aliphatic hydroxyl groups excluding tert-OH is 1. The number of halogens is 1. The van der Waals surface area contributed by atoms with Gasteiger partial charge < -0.3 is 15.9 Å². The molecule has 0 fully saturated rings. The summed E-state index contributed by atoms with van der Waals surface area (Å²) in [5.74, 6) is -1.05. The number of phenols is 1. The maximum Gasteiger partial charge on any atom is 0.168 e. The quantitative estimate of drug-likeness (QED) is 0.685. The first-order chi connectivity index (χ1) is 6.57. The van der Waals surface area contributed by atoms with E-state index in [0.29, 0.717) is 17.5 Å². The Morgan fingerprint density at radius 1 is 1.50 bits per heavy atom. The Morgan fingerprint density at radius 2 is 2.14 bits per heavy atom. The highest BCUT2D eigenvalue weighted by Gasteiger charge is 2.15. The molecule has 1 rings (SSSR count). The average molecular weight is 199 g/mol. The molecule has 0 aliphatic heterocycles. The number of aliphatic hydroxyl groups is 1. The van der Waals surface area contributed by atoms with Crippen LogP contribution in [0.1, 0.15) is 23.6 Å². The van der Waals surface area contributed by atoms with E-state index < -0.39 is 17.6 Å². The van der Waals surface area contributed by atoms with E-state index >= 15 is 0 Å². The SMILES string of the molecule is Cc1ccc([C@@H](N)CCO)c(O)c1F. The topological polar surface area (TPSA) is 66.5 Å². The summed E-state index contributed by atoms with van der Waals surface area (Å²) >= 11 is 0. The van der Waals surface area contributed by atoms with E-state index in [1.54, 1.807) is 19.1 Å². The molecule has 0 radical (unpaired) electrons. The molecular formula is C10H14FNO2. The summed E-state index contributed by atoms with van der Waals surface area (Å²) < 4.78 is 13.2. The molecule has 0 heterocycles. The molecule has 0 aliphatic carbocycles. The Balaban J connectivity index is 3.04. The van der Waals surface area contributed by atoms with E-state index in [4.69, 9.17) is 10.8 Å². The minimum atomic E-state index is -0.643. The van der Waals surface area contributed by atoms with Crippen molar-refractivity contribution in [3.63, 3.8) is 0 Å². The molecule has 3 nitrogen and oxygen atoms in total. The molecule has 1 aromatic carbocycles. The molecule has 4 heteroatoms. The third-order valence-corrected chi connectivity index (χ3v) is 2.18. The van der Waals surface area contributed by atoms with Gasteiger partial charge in [0.1, 0.15) is 0 Å². The van der Waals surface area contributed by atoms with Crippen molar-refractivity contribution < 1.29 is 14.6 Å². The Morgan fingerprint density at radius 3 is 2.71 bits per heavy atom. The first-order valence-electron chi connectivity index (χ1n) is 4.42. The summed E-state index contributed by atoms with van der Waals surface area (Å²) in [6.45, 7) is 1.48. The number of hydrogen-bond acceptors (Lipinski definition) is 3. The number of aromatic hydroxyl groups is 1. The lowest BCUT2D eigenvalue weighted by Crippen LogP contribution is -2.12. The Labute approximate surface area is 82.0 Å². The standard InChI is InChI=1S/C10H14FNO2/c1-6-2-3-7(8(12)4-5-13)10(14)9(6)11/h2-3,8,13-14H,4-5,12H2,1H3/t8-/m0/s1. The van der Waals surface area contributed by atoms with E-state index in [0.717, 1.165) is 0 Å². The third kappa shape index (κ3) is 2.02. The predicted molar refractivity (Wildman–Crippen MR) is 51.4 cm³/mol. The number of hydrogen-bond donors (Lipinski definition) is 3. The lowest BCUT2D eigenvalue weighted by atomic mass is 10.0. The molecule has 0 amide bonds. The van der Waals surface area contributed by atoms with Crippen LogP contribution < -0.4 is 5.73 Å². The smallest absolute Gasteiger partial charge is 0.168 e. The van der Waals surface area contributed by atoms with E-state index in [2.05, 4.69) is 0 Å². The molecule has 4 N–H and O–H groups in total. The van der Waals surface area contributed by atoms with Crippen molar-refractivity contribution >= 4 is 0 Å². The zero-order valence-corrected chi connectivity index (χ0v) is 8.00. The highest BCUT2D eigenvalue weighted by Crippen LogP contribution is 2.29. The number of nitrogens with two attached hydrogens (primary N) is 1. The summed E-state index contributed by atoms with van der Waals surface area (Å²) in [5, 5.41) is 18.1. The molecule has 0 spiro atoms. The van der Waals surface area contributed by atoms with Crippen molar-refractivity contribution in [1.29, 1.82) is 0 Å². The van der Waals surface area contributed by atoms with Crippen LogP contribution in [0.5, 0.6) is 5.75 Å². The van der Waals surface area contributed by atoms with Crippen molar-refractivity contribution in [2.75, 3.05) is 6.61 Å². The van der Waals surface area contributed by atoms with Gasteiger partial charge in [0.05, 0.1) is 0 Å². The van der Waals surface area contributed by atoms with Gasteiger partial charge in [-0.1, -0.05) is 12.1 Å². The molecular weight excluding hydrogens is 185 g/mol. The second-order valence-corrected chi connectivity index (χ2v) is 3.25. The largest absolute Gasteiger partial charge is 0.505 e. The second-order valence-electron chi connectivity index (χ2n) is 3.25. The first kappa shape index (κ1) is 10.9. The van der Waals surface area contributed by atoms with Crippen LogP contribution in [-0.4, -0.2) is 16.8 Å². The molecule has 0 saturated heterocycles. The van der Waals surface area contributed by atoms with Crippen LogP contribution in [0.2, 0.25) is 0 Å². The monoisotopic (exact) mass is 199 g/mol. The average Bonchev–Trinajstić information content (AvgIpc) is 2.15. The van der Waals surface area contributed by atoms with Gasteiger partial charge in [-0.05, 0) is 18.9 Å². The Kier molecular flexibility index (Phi) is 3.43. The van der Waals surface area contributed by atoms with Crippen molar-refractivity contribution in [3.8, 4) is 5.75 Å². The van der Waals surface area contributed by atoms with Crippen molar-refractivity contribution in [3.05, 3.63) is 29.1 Å². The van der Waals surface area contributed by atoms with Gasteiger partial charge in [-0.15, -0.1) is 0 Å². The van der Waals surface area contributed by atoms with Crippen LogP contribution >= 0.6 is 0 Å². The third-order valence-electron chi connectivity index (χ3n) is 2.18. The summed E-state index contributed by atoms with van der Waals surface area (Å²) in [7, 11) is 0. The van der Waals surface area contributed by atoms with Gasteiger partial charge in [-0.3, -0.25) is 0 Å². The Hall–Kier alpha value is -1.13. The number of benzene rings is 1. The highest BCUT2D eigenvalue weighted by molar-refractivity contribution is 5.39. The van der Waals surface area contributed by atoms with Crippen LogP contribution in [-0.2, 0) is 0 Å². The molecule has 1 aromatic rings. The van der Waals surface area contributed by atoms with Crippen LogP contribution in [0.3, 0.4) is 0 Å². The number of phenolic OH excluding ortho intramolecular Hbond substituents is 1. The van der Waals surface area contributed by atoms with Crippen molar-refractivity contribution in [1.82, 2.24) is 0 Å². The van der Waals surface area contributed by atoms with Gasteiger partial charge in [0.2, 0.25) is 0 Å². The van der Waals surface area contributed by atoms with Gasteiger partial charge in [-0.25, -0.2) is 4.39 Å². The molecule has 0 saturated carbocycles. The summed E-state index contributed by atoms with van der Waals surface area (Å²) in [4.78, 5) is 0. The maximum atomic E-state index is 13.2. The van der Waals surface area contributed by atoms with Crippen LogP contribution in [0.25, 0.3) is 0 Å². The minimum absolute atomic E-state index is 0.0872. The molecule has 1 atom stereocenters. The van der Waals surface area contributed by atoms with Gasteiger partial charge in [0, 0.05) is 18.2 Å². The van der Waals surface area contributed by atoms with E-state index in [1.807, 2.05) is 0 Å². The zero-order valence-electron chi connectivity index (χ0n) is 8.00. The Bertz CT molecular complexity index is 328. The lowest BCUT2D eigenvalue weighted by molar-refractivity contribution is 0.275. The minimum Gasteiger partial charge on any atom is -0.505 e. The normalized spacial score (nSPS) is 12.9. The van der Waals surface area contributed by atoms with E-state index in [9.17, 15) is 9.50 Å². The van der Waals surface area contributed by atoms with Crippen molar-refractivity contribution in [2.45, 2.75) is 19.4 Å². The second kappa shape index (κ2) is 4.39. The van der Waals surface area contributed by atoms with Gasteiger partial charge in [0.25, 0.3) is 0 Å². The fraction of sp³-hybridized carbons (Fsp3) is 0.400. The van der Waals surface area contributed by atoms with Crippen LogP contribution in [0, 0.1) is 12.7 Å². The molecule has 0 aromatic heterocycles. The van der Waals surface area contributed by atoms with Gasteiger partial charge in [-0.2, -0.15) is 0 Å². The van der Waals surface area contributed by atoms with Crippen molar-refractivity contribution in [2.24, 2.45) is 5.73 Å². The number of aryl methyl sites for hydroxylation is 1. The summed E-state index contributed by atoms with van der Waals surface area (Å²) in [6.07, 6.45) is 0.302. The zero-order chi connectivity index (χ0) is 10.7. The van der Waals surface area contributed by atoms with Crippen LogP contribution in [0.15, 0.2) is 12.1 Å². The summed E-state index contributed by atoms with van der Waals surface area (Å²) in [5.41, 5.74) is 6.35.